The van der Waals surface area contributed by atoms with Gasteiger partial charge < -0.3 is 24.8 Å². The molecule has 0 spiro atoms. The molecule has 4 aromatic rings. The minimum absolute atomic E-state index is 0.0243. The van der Waals surface area contributed by atoms with E-state index in [0.29, 0.717) is 31.6 Å². The summed E-state index contributed by atoms with van der Waals surface area (Å²) < 4.78 is 31.1. The Morgan fingerprint density at radius 3 is 2.28 bits per heavy atom. The van der Waals surface area contributed by atoms with E-state index < -0.39 is 34.1 Å². The second-order valence-electron chi connectivity index (χ2n) is 14.3. The van der Waals surface area contributed by atoms with Crippen LogP contribution in [0.4, 0.5) is 4.79 Å². The number of urea groups is 1. The maximum absolute atomic E-state index is 14.4. The van der Waals surface area contributed by atoms with E-state index in [0.717, 1.165) is 22.4 Å². The Hall–Kier alpha value is -4.66. The first-order valence-corrected chi connectivity index (χ1v) is 19.6. The molecule has 0 bridgehead atoms. The number of sulfonamides is 1. The number of benzene rings is 3. The van der Waals surface area contributed by atoms with Gasteiger partial charge in [-0.25, -0.2) is 18.2 Å². The zero-order valence-corrected chi connectivity index (χ0v) is 31.9. The molecule has 2 heterocycles. The smallest absolute Gasteiger partial charge is 0.321 e. The summed E-state index contributed by atoms with van der Waals surface area (Å²) in [5, 5.41) is 17.8. The van der Waals surface area contributed by atoms with E-state index in [1.54, 1.807) is 21.9 Å². The summed E-state index contributed by atoms with van der Waals surface area (Å²) >= 11 is 0. The van der Waals surface area contributed by atoms with Crippen molar-refractivity contribution in [3.8, 4) is 0 Å². The second kappa shape index (κ2) is 17.4. The minimum atomic E-state index is -4.07. The molecular weight excluding hydrogens is 695 g/mol. The number of imidazole rings is 1. The first kappa shape index (κ1) is 39.5. The van der Waals surface area contributed by atoms with Gasteiger partial charge in [0.25, 0.3) is 0 Å². The average Bonchev–Trinajstić information content (AvgIpc) is 3.66. The predicted octanol–water partition coefficient (Wildman–Crippen LogP) is 4.93. The van der Waals surface area contributed by atoms with E-state index in [9.17, 15) is 28.0 Å². The molecule has 53 heavy (non-hydrogen) atoms. The van der Waals surface area contributed by atoms with Gasteiger partial charge in [0.1, 0.15) is 18.4 Å². The molecule has 0 aliphatic carbocycles. The zero-order valence-electron chi connectivity index (χ0n) is 31.1. The molecule has 3 amide bonds. The number of aliphatic hydroxyl groups excluding tert-OH is 1. The standard InChI is InChI=1S/C39H51N7O6S/c1-6-28(4)37(46-21-20-44(39(46)49)26-36-41-32-14-10-11-15-34(32)43(36)5)38(48)42-33(22-29-12-8-7-9-13-29)35(47)25-45(24-27(2)3)53(51,52)31-18-16-30(17-19-31)23-40-50/h7-19,27-28,33,35,37,47H,6,20-26H2,1-5H3,(H,42,48)/t28?,33-,35+,37-/m0/s1. The second-order valence-corrected chi connectivity index (χ2v) is 16.3. The van der Waals surface area contributed by atoms with Crippen molar-refractivity contribution in [2.45, 2.75) is 76.7 Å². The van der Waals surface area contributed by atoms with Gasteiger partial charge in [0.2, 0.25) is 15.9 Å². The van der Waals surface area contributed by atoms with Crippen LogP contribution in [0, 0.1) is 16.7 Å². The fourth-order valence-electron chi connectivity index (χ4n) is 6.87. The molecule has 1 aromatic heterocycles. The molecule has 4 atom stereocenters. The van der Waals surface area contributed by atoms with Gasteiger partial charge in [0, 0.05) is 33.2 Å². The summed E-state index contributed by atoms with van der Waals surface area (Å²) in [6.45, 7) is 8.52. The predicted molar refractivity (Wildman–Crippen MR) is 204 cm³/mol. The number of aryl methyl sites for hydroxylation is 1. The molecule has 1 fully saturated rings. The van der Waals surface area contributed by atoms with Crippen molar-refractivity contribution in [3.63, 3.8) is 0 Å². The van der Waals surface area contributed by atoms with Crippen molar-refractivity contribution in [1.82, 2.24) is 29.0 Å². The topological polar surface area (TPSA) is 158 Å². The van der Waals surface area contributed by atoms with Gasteiger partial charge >= 0.3 is 6.03 Å². The molecule has 5 rings (SSSR count). The number of para-hydroxylation sites is 2. The largest absolute Gasteiger partial charge is 0.390 e. The van der Waals surface area contributed by atoms with Crippen LogP contribution < -0.4 is 5.32 Å². The van der Waals surface area contributed by atoms with Crippen LogP contribution in [-0.4, -0.2) is 93.5 Å². The van der Waals surface area contributed by atoms with E-state index in [1.807, 2.05) is 93.9 Å². The number of nitrogens with zero attached hydrogens (tertiary/aromatic N) is 6. The van der Waals surface area contributed by atoms with Crippen molar-refractivity contribution in [2.75, 3.05) is 26.2 Å². The molecule has 0 saturated carbocycles. The third-order valence-electron chi connectivity index (χ3n) is 9.98. The third-order valence-corrected chi connectivity index (χ3v) is 11.8. The van der Waals surface area contributed by atoms with Gasteiger partial charge in [-0.3, -0.25) is 4.79 Å². The van der Waals surface area contributed by atoms with Gasteiger partial charge in [0.15, 0.2) is 0 Å². The van der Waals surface area contributed by atoms with E-state index in [2.05, 4.69) is 10.5 Å². The van der Waals surface area contributed by atoms with Crippen molar-refractivity contribution in [1.29, 1.82) is 0 Å². The highest BCUT2D eigenvalue weighted by Gasteiger charge is 2.41. The number of aliphatic hydroxyl groups is 1. The van der Waals surface area contributed by atoms with Gasteiger partial charge in [-0.2, -0.15) is 9.21 Å². The third kappa shape index (κ3) is 9.29. The fraction of sp³-hybridized carbons (Fsp3) is 0.462. The maximum Gasteiger partial charge on any atom is 0.321 e. The molecule has 14 heteroatoms. The van der Waals surface area contributed by atoms with Crippen LogP contribution >= 0.6 is 0 Å². The molecule has 284 valence electrons. The van der Waals surface area contributed by atoms with Crippen LogP contribution in [0.1, 0.15) is 51.1 Å². The fourth-order valence-corrected chi connectivity index (χ4v) is 8.49. The SMILES string of the molecule is CCC(C)[C@@H](C(=O)N[C@@H](Cc1ccccc1)[C@H](O)CN(CC(C)C)S(=O)(=O)c1ccc(CN=O)cc1)N1CCN(Cc2nc3ccccc3n2C)C1=O. The lowest BCUT2D eigenvalue weighted by atomic mass is 9.95. The number of aromatic nitrogens is 2. The Morgan fingerprint density at radius 1 is 0.962 bits per heavy atom. The molecule has 1 aliphatic rings. The van der Waals surface area contributed by atoms with Crippen molar-refractivity contribution < 1.29 is 23.1 Å². The highest BCUT2D eigenvalue weighted by Crippen LogP contribution is 2.25. The lowest BCUT2D eigenvalue weighted by Gasteiger charge is -2.35. The molecule has 3 aromatic carbocycles. The number of carbonyl (C=O) groups is 2. The van der Waals surface area contributed by atoms with E-state index in [1.165, 1.54) is 16.4 Å². The summed E-state index contributed by atoms with van der Waals surface area (Å²) in [4.78, 5) is 47.1. The number of hydrogen-bond donors (Lipinski definition) is 2. The summed E-state index contributed by atoms with van der Waals surface area (Å²) in [5.74, 6) is 0.0572. The Morgan fingerprint density at radius 2 is 1.64 bits per heavy atom. The Labute approximate surface area is 312 Å². The Bertz CT molecular complexity index is 1970. The summed E-state index contributed by atoms with van der Waals surface area (Å²) in [7, 11) is -2.14. The molecule has 0 radical (unpaired) electrons. The summed E-state index contributed by atoms with van der Waals surface area (Å²) in [6.07, 6.45) is -0.440. The van der Waals surface area contributed by atoms with Crippen LogP contribution in [-0.2, 0) is 41.4 Å². The lowest BCUT2D eigenvalue weighted by molar-refractivity contribution is -0.128. The molecule has 1 aliphatic heterocycles. The van der Waals surface area contributed by atoms with Crippen LogP contribution in [0.3, 0.4) is 0 Å². The minimum Gasteiger partial charge on any atom is -0.390 e. The zero-order chi connectivity index (χ0) is 38.3. The maximum atomic E-state index is 14.4. The van der Waals surface area contributed by atoms with E-state index in [4.69, 9.17) is 4.98 Å². The van der Waals surface area contributed by atoms with Crippen molar-refractivity contribution in [2.24, 2.45) is 24.1 Å². The number of rotatable bonds is 18. The lowest BCUT2D eigenvalue weighted by Crippen LogP contribution is -2.57. The van der Waals surface area contributed by atoms with E-state index >= 15 is 0 Å². The first-order valence-electron chi connectivity index (χ1n) is 18.2. The van der Waals surface area contributed by atoms with Crippen LogP contribution in [0.15, 0.2) is 88.9 Å². The average molecular weight is 746 g/mol. The Balaban J connectivity index is 1.38. The monoisotopic (exact) mass is 745 g/mol. The quantitative estimate of drug-likeness (QED) is 0.137. The molecule has 1 saturated heterocycles. The first-order chi connectivity index (χ1) is 25.3. The number of nitrogens with one attached hydrogen (secondary N) is 1. The molecule has 2 N–H and O–H groups in total. The van der Waals surface area contributed by atoms with Crippen LogP contribution in [0.25, 0.3) is 11.0 Å². The highest BCUT2D eigenvalue weighted by atomic mass is 32.2. The van der Waals surface area contributed by atoms with Crippen LogP contribution in [0.5, 0.6) is 0 Å². The van der Waals surface area contributed by atoms with Gasteiger partial charge in [-0.1, -0.05) is 93.9 Å². The number of carbonyl (C=O) groups excluding carboxylic acids is 2. The number of amides is 3. The van der Waals surface area contributed by atoms with Crippen molar-refractivity contribution >= 4 is 33.0 Å². The van der Waals surface area contributed by atoms with Gasteiger partial charge in [-0.05, 0) is 53.6 Å². The Kier molecular flexibility index (Phi) is 13.0. The van der Waals surface area contributed by atoms with Gasteiger partial charge in [-0.15, -0.1) is 0 Å². The molecule has 1 unspecified atom stereocenters. The van der Waals surface area contributed by atoms with Crippen molar-refractivity contribution in [3.05, 3.63) is 101 Å². The molecule has 13 nitrogen and oxygen atoms in total. The number of hydrogen-bond acceptors (Lipinski definition) is 8. The molecular formula is C39H51N7O6S. The number of nitroso groups, excluding NO2 is 1. The summed E-state index contributed by atoms with van der Waals surface area (Å²) in [5.41, 5.74) is 3.25. The highest BCUT2D eigenvalue weighted by molar-refractivity contribution is 7.89. The van der Waals surface area contributed by atoms with Gasteiger partial charge in [0.05, 0.1) is 34.6 Å². The number of fused-ring (bicyclic) bond motifs is 1. The van der Waals surface area contributed by atoms with E-state index in [-0.39, 0.29) is 48.8 Å². The normalized spacial score (nSPS) is 16.0. The van der Waals surface area contributed by atoms with Crippen LogP contribution in [0.2, 0.25) is 0 Å². The summed E-state index contributed by atoms with van der Waals surface area (Å²) in [6, 6.07) is 21.2.